The summed E-state index contributed by atoms with van der Waals surface area (Å²) in [5.41, 5.74) is 1.19. The molecule has 0 aliphatic carbocycles. The molecule has 1 atom stereocenters. The lowest BCUT2D eigenvalue weighted by Crippen LogP contribution is -2.31. The first-order valence-corrected chi connectivity index (χ1v) is 4.89. The summed E-state index contributed by atoms with van der Waals surface area (Å²) in [7, 11) is 2.01. The maximum Gasteiger partial charge on any atom is 0.151 e. The quantitative estimate of drug-likeness (QED) is 0.694. The van der Waals surface area contributed by atoms with E-state index in [1.807, 2.05) is 19.2 Å². The van der Waals surface area contributed by atoms with Gasteiger partial charge in [0.25, 0.3) is 0 Å². The van der Waals surface area contributed by atoms with Gasteiger partial charge >= 0.3 is 0 Å². The van der Waals surface area contributed by atoms with Crippen molar-refractivity contribution in [2.45, 2.75) is 18.9 Å². The van der Waals surface area contributed by atoms with E-state index in [2.05, 4.69) is 9.88 Å². The molecule has 0 aromatic carbocycles. The highest BCUT2D eigenvalue weighted by atomic mass is 16.1. The largest absolute Gasteiger partial charge is 0.298 e. The zero-order chi connectivity index (χ0) is 9.97. The predicted octanol–water partition coefficient (Wildman–Crippen LogP) is 0.897. The van der Waals surface area contributed by atoms with Crippen molar-refractivity contribution in [1.29, 1.82) is 0 Å². The number of aromatic nitrogens is 1. The number of nitrogens with zero attached hydrogens (tertiary/aromatic N) is 2. The summed E-state index contributed by atoms with van der Waals surface area (Å²) in [4.78, 5) is 17.6. The highest BCUT2D eigenvalue weighted by Crippen LogP contribution is 2.15. The fraction of sp³-hybridized carbons (Fsp3) is 0.455. The van der Waals surface area contributed by atoms with Gasteiger partial charge < -0.3 is 0 Å². The number of likely N-dealkylation sites (N-methyl/N-ethyl adjacent to an activating group) is 1. The second-order valence-corrected chi connectivity index (χ2v) is 3.77. The van der Waals surface area contributed by atoms with Crippen molar-refractivity contribution in [2.75, 3.05) is 13.6 Å². The lowest BCUT2D eigenvalue weighted by Gasteiger charge is -2.17. The Labute approximate surface area is 83.8 Å². The van der Waals surface area contributed by atoms with E-state index in [1.165, 1.54) is 5.56 Å². The van der Waals surface area contributed by atoms with Crippen molar-refractivity contribution in [1.82, 2.24) is 9.88 Å². The number of rotatable bonds is 2. The molecule has 3 nitrogen and oxygen atoms in total. The minimum absolute atomic E-state index is 0.0809. The van der Waals surface area contributed by atoms with Crippen molar-refractivity contribution in [3.8, 4) is 0 Å². The molecule has 3 heteroatoms. The van der Waals surface area contributed by atoms with Gasteiger partial charge in [0.05, 0.1) is 6.04 Å². The van der Waals surface area contributed by atoms with E-state index in [4.69, 9.17) is 0 Å². The normalized spacial score (nSPS) is 22.9. The van der Waals surface area contributed by atoms with E-state index in [1.54, 1.807) is 12.4 Å². The van der Waals surface area contributed by atoms with E-state index in [0.717, 1.165) is 13.0 Å². The lowest BCUT2D eigenvalue weighted by atomic mass is 10.0. The second-order valence-electron chi connectivity index (χ2n) is 3.77. The van der Waals surface area contributed by atoms with Gasteiger partial charge in [0.1, 0.15) is 0 Å². The number of carbonyl (C=O) groups is 1. The van der Waals surface area contributed by atoms with Crippen LogP contribution in [0.3, 0.4) is 0 Å². The van der Waals surface area contributed by atoms with Gasteiger partial charge in [-0.1, -0.05) is 0 Å². The van der Waals surface area contributed by atoms with Crippen LogP contribution in [0.1, 0.15) is 12.0 Å². The van der Waals surface area contributed by atoms with E-state index >= 15 is 0 Å². The first kappa shape index (κ1) is 9.34. The van der Waals surface area contributed by atoms with Gasteiger partial charge in [-0.15, -0.1) is 0 Å². The van der Waals surface area contributed by atoms with Crippen LogP contribution in [-0.2, 0) is 11.2 Å². The molecule has 1 fully saturated rings. The minimum Gasteiger partial charge on any atom is -0.298 e. The molecule has 0 saturated carbocycles. The molecule has 0 amide bonds. The molecule has 1 aliphatic heterocycles. The van der Waals surface area contributed by atoms with Crippen LogP contribution in [0, 0.1) is 0 Å². The van der Waals surface area contributed by atoms with Gasteiger partial charge in [-0.2, -0.15) is 0 Å². The van der Waals surface area contributed by atoms with E-state index in [9.17, 15) is 4.79 Å². The van der Waals surface area contributed by atoms with Crippen molar-refractivity contribution in [3.05, 3.63) is 30.1 Å². The fourth-order valence-electron chi connectivity index (χ4n) is 1.87. The Bertz CT molecular complexity index is 323. The first-order valence-electron chi connectivity index (χ1n) is 4.89. The third-order valence-corrected chi connectivity index (χ3v) is 2.79. The number of likely N-dealkylation sites (tertiary alicyclic amines) is 1. The van der Waals surface area contributed by atoms with Gasteiger partial charge in [0.15, 0.2) is 5.78 Å². The van der Waals surface area contributed by atoms with E-state index < -0.39 is 0 Å². The number of hydrogen-bond acceptors (Lipinski definition) is 3. The molecule has 0 N–H and O–H groups in total. The third-order valence-electron chi connectivity index (χ3n) is 2.79. The standard InChI is InChI=1S/C11H14N2O/c1-13-7-4-11(14)10(13)8-9-2-5-12-6-3-9/h2-3,5-6,10H,4,7-8H2,1H3. The maximum atomic E-state index is 11.5. The van der Waals surface area contributed by atoms with Gasteiger partial charge in [0, 0.05) is 25.4 Å². The van der Waals surface area contributed by atoms with E-state index in [0.29, 0.717) is 12.2 Å². The zero-order valence-corrected chi connectivity index (χ0v) is 8.31. The van der Waals surface area contributed by atoms with Crippen molar-refractivity contribution >= 4 is 5.78 Å². The van der Waals surface area contributed by atoms with Crippen LogP contribution in [0.2, 0.25) is 0 Å². The highest BCUT2D eigenvalue weighted by molar-refractivity contribution is 5.86. The molecule has 0 radical (unpaired) electrons. The summed E-state index contributed by atoms with van der Waals surface area (Å²) in [6, 6.07) is 4.02. The molecule has 1 aliphatic rings. The third kappa shape index (κ3) is 1.82. The minimum atomic E-state index is 0.0809. The number of hydrogen-bond donors (Lipinski definition) is 0. The Morgan fingerprint density at radius 3 is 2.79 bits per heavy atom. The molecule has 2 heterocycles. The first-order chi connectivity index (χ1) is 6.77. The number of Topliss-reactive ketones (excluding diaryl/α,β-unsaturated/α-hetero) is 1. The molecular formula is C11H14N2O. The Balaban J connectivity index is 2.07. The van der Waals surface area contributed by atoms with Gasteiger partial charge in [-0.3, -0.25) is 14.7 Å². The lowest BCUT2D eigenvalue weighted by molar-refractivity contribution is -0.119. The van der Waals surface area contributed by atoms with Crippen LogP contribution < -0.4 is 0 Å². The van der Waals surface area contributed by atoms with Crippen LogP contribution in [0.4, 0.5) is 0 Å². The summed E-state index contributed by atoms with van der Waals surface area (Å²) in [6.07, 6.45) is 5.06. The smallest absolute Gasteiger partial charge is 0.151 e. The summed E-state index contributed by atoms with van der Waals surface area (Å²) >= 11 is 0. The molecule has 14 heavy (non-hydrogen) atoms. The molecular weight excluding hydrogens is 176 g/mol. The molecule has 1 saturated heterocycles. The second kappa shape index (κ2) is 3.88. The monoisotopic (exact) mass is 190 g/mol. The molecule has 1 aromatic rings. The molecule has 1 aromatic heterocycles. The Morgan fingerprint density at radius 2 is 2.21 bits per heavy atom. The summed E-state index contributed by atoms with van der Waals surface area (Å²) in [5.74, 6) is 0.365. The average molecular weight is 190 g/mol. The average Bonchev–Trinajstić information content (AvgIpc) is 2.51. The predicted molar refractivity (Wildman–Crippen MR) is 54.0 cm³/mol. The van der Waals surface area contributed by atoms with Crippen LogP contribution in [-0.4, -0.2) is 35.3 Å². The molecule has 0 bridgehead atoms. The highest BCUT2D eigenvalue weighted by Gasteiger charge is 2.29. The summed E-state index contributed by atoms with van der Waals surface area (Å²) in [5, 5.41) is 0. The van der Waals surface area contributed by atoms with Crippen molar-refractivity contribution < 1.29 is 4.79 Å². The van der Waals surface area contributed by atoms with Crippen LogP contribution in [0.15, 0.2) is 24.5 Å². The van der Waals surface area contributed by atoms with Gasteiger partial charge in [-0.05, 0) is 31.2 Å². The fourth-order valence-corrected chi connectivity index (χ4v) is 1.87. The van der Waals surface area contributed by atoms with E-state index in [-0.39, 0.29) is 6.04 Å². The van der Waals surface area contributed by atoms with Crippen molar-refractivity contribution in [3.63, 3.8) is 0 Å². The van der Waals surface area contributed by atoms with Gasteiger partial charge in [0.2, 0.25) is 0 Å². The maximum absolute atomic E-state index is 11.5. The molecule has 2 rings (SSSR count). The summed E-state index contributed by atoms with van der Waals surface area (Å²) in [6.45, 7) is 0.897. The number of pyridine rings is 1. The zero-order valence-electron chi connectivity index (χ0n) is 8.31. The molecule has 74 valence electrons. The molecule has 0 spiro atoms. The Kier molecular flexibility index (Phi) is 2.59. The van der Waals surface area contributed by atoms with Gasteiger partial charge in [-0.25, -0.2) is 0 Å². The summed E-state index contributed by atoms with van der Waals surface area (Å²) < 4.78 is 0. The topological polar surface area (TPSA) is 33.2 Å². The SMILES string of the molecule is CN1CCC(=O)C1Cc1ccncc1. The number of carbonyl (C=O) groups excluding carboxylic acids is 1. The Hall–Kier alpha value is -1.22. The van der Waals surface area contributed by atoms with Crippen LogP contribution >= 0.6 is 0 Å². The van der Waals surface area contributed by atoms with Crippen LogP contribution in [0.5, 0.6) is 0 Å². The Morgan fingerprint density at radius 1 is 1.50 bits per heavy atom. The van der Waals surface area contributed by atoms with Crippen molar-refractivity contribution in [2.24, 2.45) is 0 Å². The number of ketones is 1. The molecule has 1 unspecified atom stereocenters. The van der Waals surface area contributed by atoms with Crippen LogP contribution in [0.25, 0.3) is 0 Å².